The molecular weight excluding hydrogens is 194 g/mol. The van der Waals surface area contributed by atoms with Crippen LogP contribution in [0.1, 0.15) is 26.5 Å². The standard InChI is InChI=1S/C10H15N3O2/c1-10(2,3)7-6-12-9(15-7)13-8-11-4-5-14-8/h6H,4-5H2,1-3H3,(H,11,12,13). The van der Waals surface area contributed by atoms with Crippen molar-refractivity contribution in [2.45, 2.75) is 26.2 Å². The van der Waals surface area contributed by atoms with E-state index in [0.717, 1.165) is 5.76 Å². The van der Waals surface area contributed by atoms with Crippen LogP contribution in [0, 0.1) is 0 Å². The van der Waals surface area contributed by atoms with Crippen molar-refractivity contribution in [1.82, 2.24) is 4.98 Å². The molecule has 1 aliphatic heterocycles. The predicted molar refractivity (Wildman–Crippen MR) is 57.1 cm³/mol. The van der Waals surface area contributed by atoms with Crippen LogP contribution in [-0.4, -0.2) is 24.2 Å². The quantitative estimate of drug-likeness (QED) is 0.765. The molecule has 0 aliphatic carbocycles. The lowest BCUT2D eigenvalue weighted by Crippen LogP contribution is -2.12. The molecule has 0 bridgehead atoms. The molecule has 0 aromatic carbocycles. The first kappa shape index (κ1) is 10.0. The van der Waals surface area contributed by atoms with Gasteiger partial charge >= 0.3 is 6.01 Å². The maximum atomic E-state index is 5.53. The second kappa shape index (κ2) is 3.56. The highest BCUT2D eigenvalue weighted by Gasteiger charge is 2.20. The average molecular weight is 209 g/mol. The van der Waals surface area contributed by atoms with E-state index in [9.17, 15) is 0 Å². The second-order valence-corrected chi connectivity index (χ2v) is 4.44. The third-order valence-electron chi connectivity index (χ3n) is 2.04. The lowest BCUT2D eigenvalue weighted by atomic mass is 9.94. The summed E-state index contributed by atoms with van der Waals surface area (Å²) in [5.41, 5.74) is -0.0364. The Kier molecular flexibility index (Phi) is 2.38. The third kappa shape index (κ3) is 2.29. The fourth-order valence-corrected chi connectivity index (χ4v) is 1.18. The van der Waals surface area contributed by atoms with Gasteiger partial charge in [-0.2, -0.15) is 0 Å². The van der Waals surface area contributed by atoms with Gasteiger partial charge in [0.1, 0.15) is 12.4 Å². The van der Waals surface area contributed by atoms with E-state index >= 15 is 0 Å². The van der Waals surface area contributed by atoms with Gasteiger partial charge in [-0.3, -0.25) is 5.32 Å². The van der Waals surface area contributed by atoms with Gasteiger partial charge in [-0.1, -0.05) is 20.8 Å². The Morgan fingerprint density at radius 3 is 2.73 bits per heavy atom. The Bertz CT molecular complexity index is 376. The van der Waals surface area contributed by atoms with Crippen molar-refractivity contribution < 1.29 is 9.15 Å². The summed E-state index contributed by atoms with van der Waals surface area (Å²) < 4.78 is 10.7. The van der Waals surface area contributed by atoms with E-state index in [4.69, 9.17) is 9.15 Å². The molecule has 1 aromatic heterocycles. The molecule has 0 amide bonds. The highest BCUT2D eigenvalue weighted by atomic mass is 16.5. The molecule has 0 fully saturated rings. The number of oxazole rings is 1. The van der Waals surface area contributed by atoms with E-state index in [-0.39, 0.29) is 5.41 Å². The zero-order valence-corrected chi connectivity index (χ0v) is 9.20. The van der Waals surface area contributed by atoms with Crippen LogP contribution in [0.2, 0.25) is 0 Å². The molecule has 0 radical (unpaired) electrons. The second-order valence-electron chi connectivity index (χ2n) is 4.44. The molecule has 15 heavy (non-hydrogen) atoms. The van der Waals surface area contributed by atoms with Gasteiger partial charge in [0, 0.05) is 5.41 Å². The van der Waals surface area contributed by atoms with Crippen LogP contribution in [0.3, 0.4) is 0 Å². The van der Waals surface area contributed by atoms with Crippen molar-refractivity contribution >= 4 is 12.0 Å². The molecule has 2 rings (SSSR count). The molecule has 0 saturated heterocycles. The number of aliphatic imine (C=N–C) groups is 1. The van der Waals surface area contributed by atoms with Crippen molar-refractivity contribution in [3.05, 3.63) is 12.0 Å². The van der Waals surface area contributed by atoms with E-state index in [0.29, 0.717) is 25.2 Å². The van der Waals surface area contributed by atoms with Gasteiger partial charge in [-0.15, -0.1) is 0 Å². The van der Waals surface area contributed by atoms with E-state index in [1.807, 2.05) is 0 Å². The zero-order valence-electron chi connectivity index (χ0n) is 9.20. The molecule has 2 heterocycles. The first-order chi connectivity index (χ1) is 7.05. The SMILES string of the molecule is CC(C)(C)c1cnc(NC2=NCCO2)o1. The minimum Gasteiger partial charge on any atom is -0.463 e. The van der Waals surface area contributed by atoms with Gasteiger partial charge in [0.15, 0.2) is 0 Å². The summed E-state index contributed by atoms with van der Waals surface area (Å²) in [6.07, 6.45) is 1.72. The number of anilines is 1. The molecule has 1 N–H and O–H groups in total. The Morgan fingerprint density at radius 1 is 1.40 bits per heavy atom. The van der Waals surface area contributed by atoms with Crippen LogP contribution in [0.4, 0.5) is 6.01 Å². The van der Waals surface area contributed by atoms with Gasteiger partial charge in [0.2, 0.25) is 0 Å². The largest absolute Gasteiger partial charge is 0.463 e. The Hall–Kier alpha value is -1.52. The van der Waals surface area contributed by atoms with Gasteiger partial charge in [0.25, 0.3) is 6.02 Å². The topological polar surface area (TPSA) is 59.7 Å². The number of amidine groups is 1. The van der Waals surface area contributed by atoms with E-state index in [1.165, 1.54) is 0 Å². The lowest BCUT2D eigenvalue weighted by Gasteiger charge is -2.13. The number of hydrogen-bond donors (Lipinski definition) is 1. The summed E-state index contributed by atoms with van der Waals surface area (Å²) in [5.74, 6) is 0.837. The Labute approximate surface area is 88.6 Å². The smallest absolute Gasteiger partial charge is 0.302 e. The number of ether oxygens (including phenoxy) is 1. The van der Waals surface area contributed by atoms with Crippen LogP contribution in [-0.2, 0) is 10.2 Å². The van der Waals surface area contributed by atoms with Crippen LogP contribution in [0.15, 0.2) is 15.6 Å². The summed E-state index contributed by atoms with van der Waals surface area (Å²) in [6, 6.07) is 0.915. The molecular formula is C10H15N3O2. The van der Waals surface area contributed by atoms with Gasteiger partial charge in [-0.05, 0) is 0 Å². The van der Waals surface area contributed by atoms with Crippen molar-refractivity contribution in [1.29, 1.82) is 0 Å². The average Bonchev–Trinajstić information content (AvgIpc) is 2.73. The Balaban J connectivity index is 2.07. The molecule has 0 spiro atoms. The number of hydrogen-bond acceptors (Lipinski definition) is 5. The zero-order chi connectivity index (χ0) is 10.9. The molecule has 1 aliphatic rings. The number of aromatic nitrogens is 1. The maximum absolute atomic E-state index is 5.53. The molecule has 0 unspecified atom stereocenters. The maximum Gasteiger partial charge on any atom is 0.302 e. The predicted octanol–water partition coefficient (Wildman–Crippen LogP) is 1.77. The number of rotatable bonds is 1. The van der Waals surface area contributed by atoms with E-state index < -0.39 is 0 Å². The minimum atomic E-state index is -0.0364. The van der Waals surface area contributed by atoms with Crippen LogP contribution >= 0.6 is 0 Å². The summed E-state index contributed by atoms with van der Waals surface area (Å²) in [7, 11) is 0. The summed E-state index contributed by atoms with van der Waals surface area (Å²) >= 11 is 0. The molecule has 1 aromatic rings. The first-order valence-electron chi connectivity index (χ1n) is 4.96. The fourth-order valence-electron chi connectivity index (χ4n) is 1.18. The van der Waals surface area contributed by atoms with Gasteiger partial charge < -0.3 is 9.15 Å². The number of nitrogens with zero attached hydrogens (tertiary/aromatic N) is 2. The lowest BCUT2D eigenvalue weighted by molar-refractivity contribution is 0.344. The molecule has 0 atom stereocenters. The summed E-state index contributed by atoms with van der Waals surface area (Å²) in [4.78, 5) is 8.19. The Morgan fingerprint density at radius 2 is 2.20 bits per heavy atom. The molecule has 0 saturated carbocycles. The normalized spacial score (nSPS) is 16.1. The highest BCUT2D eigenvalue weighted by Crippen LogP contribution is 2.24. The van der Waals surface area contributed by atoms with Gasteiger partial charge in [0.05, 0.1) is 12.7 Å². The molecule has 5 heteroatoms. The van der Waals surface area contributed by atoms with Crippen LogP contribution in [0.5, 0.6) is 0 Å². The highest BCUT2D eigenvalue weighted by molar-refractivity contribution is 5.87. The van der Waals surface area contributed by atoms with Crippen molar-refractivity contribution in [3.8, 4) is 0 Å². The van der Waals surface area contributed by atoms with Crippen LogP contribution < -0.4 is 5.32 Å². The monoisotopic (exact) mass is 209 g/mol. The first-order valence-corrected chi connectivity index (χ1v) is 4.96. The van der Waals surface area contributed by atoms with E-state index in [2.05, 4.69) is 36.1 Å². The third-order valence-corrected chi connectivity index (χ3v) is 2.04. The summed E-state index contributed by atoms with van der Waals surface area (Å²) in [5, 5.41) is 2.88. The number of nitrogens with one attached hydrogen (secondary N) is 1. The van der Waals surface area contributed by atoms with Gasteiger partial charge in [-0.25, -0.2) is 9.98 Å². The fraction of sp³-hybridized carbons (Fsp3) is 0.600. The van der Waals surface area contributed by atoms with Crippen molar-refractivity contribution in [2.24, 2.45) is 4.99 Å². The molecule has 5 nitrogen and oxygen atoms in total. The van der Waals surface area contributed by atoms with Crippen molar-refractivity contribution in [3.63, 3.8) is 0 Å². The van der Waals surface area contributed by atoms with E-state index in [1.54, 1.807) is 6.20 Å². The minimum absolute atomic E-state index is 0.0364. The molecule has 82 valence electrons. The van der Waals surface area contributed by atoms with Crippen molar-refractivity contribution in [2.75, 3.05) is 18.5 Å². The summed E-state index contributed by atoms with van der Waals surface area (Å²) in [6.45, 7) is 7.52. The van der Waals surface area contributed by atoms with Crippen LogP contribution in [0.25, 0.3) is 0 Å².